The quantitative estimate of drug-likeness (QED) is 0.494. The Balaban J connectivity index is 1.50. The molecule has 0 radical (unpaired) electrons. The fourth-order valence-corrected chi connectivity index (χ4v) is 4.24. The van der Waals surface area contributed by atoms with Crippen LogP contribution in [-0.4, -0.2) is 45.8 Å². The van der Waals surface area contributed by atoms with E-state index in [9.17, 15) is 0 Å². The molecule has 1 aliphatic heterocycles. The van der Waals surface area contributed by atoms with Crippen LogP contribution in [-0.2, 0) is 0 Å². The fraction of sp³-hybridized carbons (Fsp3) is 0.261. The number of aryl methyl sites for hydroxylation is 2. The molecule has 0 atom stereocenters. The van der Waals surface area contributed by atoms with Crippen LogP contribution >= 0.6 is 11.6 Å². The summed E-state index contributed by atoms with van der Waals surface area (Å²) in [6.45, 7) is 7.74. The van der Waals surface area contributed by atoms with Gasteiger partial charge >= 0.3 is 0 Å². The Morgan fingerprint density at radius 2 is 1.63 bits per heavy atom. The summed E-state index contributed by atoms with van der Waals surface area (Å²) in [7, 11) is 0. The third-order valence-electron chi connectivity index (χ3n) is 5.58. The number of aromatic nitrogens is 4. The zero-order valence-corrected chi connectivity index (χ0v) is 17.8. The topological polar surface area (TPSA) is 49.6 Å². The molecule has 1 saturated heterocycles. The highest BCUT2D eigenvalue weighted by Crippen LogP contribution is 2.31. The normalized spacial score (nSPS) is 14.5. The van der Waals surface area contributed by atoms with E-state index in [0.29, 0.717) is 0 Å². The van der Waals surface area contributed by atoms with E-state index in [1.807, 2.05) is 61.0 Å². The van der Waals surface area contributed by atoms with Crippen molar-refractivity contribution in [2.75, 3.05) is 36.0 Å². The monoisotopic (exact) mass is 418 g/mol. The van der Waals surface area contributed by atoms with E-state index in [-0.39, 0.29) is 0 Å². The first kappa shape index (κ1) is 18.9. The van der Waals surface area contributed by atoms with Crippen LogP contribution in [0.1, 0.15) is 11.4 Å². The molecule has 0 spiro atoms. The summed E-state index contributed by atoms with van der Waals surface area (Å²) >= 11 is 6.09. The fourth-order valence-electron chi connectivity index (χ4n) is 4.11. The van der Waals surface area contributed by atoms with Crippen LogP contribution < -0.4 is 9.80 Å². The Morgan fingerprint density at radius 3 is 2.33 bits per heavy atom. The Morgan fingerprint density at radius 1 is 0.900 bits per heavy atom. The molecule has 7 heteroatoms. The minimum Gasteiger partial charge on any atom is -0.353 e. The summed E-state index contributed by atoms with van der Waals surface area (Å²) in [6.07, 6.45) is 1.85. The van der Waals surface area contributed by atoms with Crippen LogP contribution in [0.15, 0.2) is 54.7 Å². The van der Waals surface area contributed by atoms with E-state index >= 15 is 0 Å². The zero-order chi connectivity index (χ0) is 20.7. The first-order valence-electron chi connectivity index (χ1n) is 10.1. The van der Waals surface area contributed by atoms with Gasteiger partial charge in [-0.15, -0.1) is 0 Å². The second-order valence-corrected chi connectivity index (χ2v) is 8.06. The minimum atomic E-state index is 0.725. The lowest BCUT2D eigenvalue weighted by Gasteiger charge is -2.36. The molecule has 1 aromatic carbocycles. The van der Waals surface area contributed by atoms with E-state index in [0.717, 1.165) is 71.0 Å². The summed E-state index contributed by atoms with van der Waals surface area (Å²) in [5, 5.41) is 5.58. The van der Waals surface area contributed by atoms with Crippen LogP contribution in [0.4, 0.5) is 11.6 Å². The van der Waals surface area contributed by atoms with E-state index < -0.39 is 0 Å². The average Bonchev–Trinajstić information content (AvgIpc) is 3.10. The molecule has 0 amide bonds. The Labute approximate surface area is 180 Å². The van der Waals surface area contributed by atoms with E-state index in [1.54, 1.807) is 0 Å². The average molecular weight is 419 g/mol. The molecule has 4 aromatic rings. The summed E-state index contributed by atoms with van der Waals surface area (Å²) in [4.78, 5) is 14.0. The molecule has 0 aliphatic carbocycles. The second-order valence-electron chi connectivity index (χ2n) is 7.62. The lowest BCUT2D eigenvalue weighted by Crippen LogP contribution is -2.47. The first-order chi connectivity index (χ1) is 14.6. The lowest BCUT2D eigenvalue weighted by molar-refractivity contribution is 0.633. The van der Waals surface area contributed by atoms with Crippen molar-refractivity contribution < 1.29 is 0 Å². The highest BCUT2D eigenvalue weighted by molar-refractivity contribution is 6.30. The molecule has 0 unspecified atom stereocenters. The van der Waals surface area contributed by atoms with Gasteiger partial charge in [-0.1, -0.05) is 29.8 Å². The van der Waals surface area contributed by atoms with Gasteiger partial charge in [-0.2, -0.15) is 9.61 Å². The standard InChI is InChI=1S/C23H23ClN6/c1-16-15-21(29-13-11-28(12-14-29)20-5-3-4-10-25-20)30-23(26-16)22(17(2)27-30)18-6-8-19(24)9-7-18/h3-10,15H,11-14H2,1-2H3. The van der Waals surface area contributed by atoms with Gasteiger partial charge in [-0.3, -0.25) is 0 Å². The third kappa shape index (κ3) is 3.37. The van der Waals surface area contributed by atoms with Crippen LogP contribution in [0.5, 0.6) is 0 Å². The number of hydrogen-bond donors (Lipinski definition) is 0. The number of anilines is 2. The van der Waals surface area contributed by atoms with Crippen molar-refractivity contribution >= 4 is 28.9 Å². The Hall–Kier alpha value is -3.12. The number of pyridine rings is 1. The molecular weight excluding hydrogens is 396 g/mol. The van der Waals surface area contributed by atoms with Crippen molar-refractivity contribution in [2.24, 2.45) is 0 Å². The highest BCUT2D eigenvalue weighted by Gasteiger charge is 2.23. The number of piperazine rings is 1. The largest absolute Gasteiger partial charge is 0.353 e. The van der Waals surface area contributed by atoms with Gasteiger partial charge in [-0.25, -0.2) is 9.97 Å². The van der Waals surface area contributed by atoms with E-state index in [2.05, 4.69) is 26.9 Å². The van der Waals surface area contributed by atoms with Crippen LogP contribution in [0.2, 0.25) is 5.02 Å². The van der Waals surface area contributed by atoms with Crippen LogP contribution in [0.3, 0.4) is 0 Å². The van der Waals surface area contributed by atoms with Crippen molar-refractivity contribution in [3.05, 3.63) is 71.1 Å². The molecule has 6 nitrogen and oxygen atoms in total. The minimum absolute atomic E-state index is 0.725. The summed E-state index contributed by atoms with van der Waals surface area (Å²) in [6, 6.07) is 16.1. The van der Waals surface area contributed by atoms with Gasteiger partial charge in [0.15, 0.2) is 5.65 Å². The maximum absolute atomic E-state index is 6.09. The molecule has 30 heavy (non-hydrogen) atoms. The molecule has 0 bridgehead atoms. The predicted molar refractivity (Wildman–Crippen MR) is 122 cm³/mol. The number of rotatable bonds is 3. The van der Waals surface area contributed by atoms with E-state index in [4.69, 9.17) is 21.7 Å². The van der Waals surface area contributed by atoms with Gasteiger partial charge in [0.2, 0.25) is 0 Å². The van der Waals surface area contributed by atoms with Crippen molar-refractivity contribution in [3.8, 4) is 11.1 Å². The molecular formula is C23H23ClN6. The molecule has 0 N–H and O–H groups in total. The number of halogens is 1. The smallest absolute Gasteiger partial charge is 0.165 e. The Bertz CT molecular complexity index is 1180. The molecule has 0 saturated carbocycles. The van der Waals surface area contributed by atoms with Crippen LogP contribution in [0, 0.1) is 13.8 Å². The van der Waals surface area contributed by atoms with Crippen molar-refractivity contribution in [1.29, 1.82) is 0 Å². The predicted octanol–water partition coefficient (Wildman–Crippen LogP) is 4.39. The maximum Gasteiger partial charge on any atom is 0.165 e. The van der Waals surface area contributed by atoms with Gasteiger partial charge in [0.25, 0.3) is 0 Å². The number of fused-ring (bicyclic) bond motifs is 1. The summed E-state index contributed by atoms with van der Waals surface area (Å²) < 4.78 is 1.99. The van der Waals surface area contributed by atoms with Crippen molar-refractivity contribution in [2.45, 2.75) is 13.8 Å². The van der Waals surface area contributed by atoms with E-state index in [1.165, 1.54) is 0 Å². The SMILES string of the molecule is Cc1cc(N2CCN(c3ccccn3)CC2)n2nc(C)c(-c3ccc(Cl)cc3)c2n1. The molecule has 1 fully saturated rings. The third-order valence-corrected chi connectivity index (χ3v) is 5.84. The zero-order valence-electron chi connectivity index (χ0n) is 17.1. The number of hydrogen-bond acceptors (Lipinski definition) is 5. The Kier molecular flexibility index (Phi) is 4.79. The van der Waals surface area contributed by atoms with Gasteiger partial charge in [0.05, 0.1) is 5.69 Å². The molecule has 3 aromatic heterocycles. The van der Waals surface area contributed by atoms with Crippen LogP contribution in [0.25, 0.3) is 16.8 Å². The number of nitrogens with zero attached hydrogens (tertiary/aromatic N) is 6. The van der Waals surface area contributed by atoms with Gasteiger partial charge in [0, 0.05) is 54.7 Å². The molecule has 1 aliphatic rings. The lowest BCUT2D eigenvalue weighted by atomic mass is 10.1. The molecule has 5 rings (SSSR count). The van der Waals surface area contributed by atoms with Gasteiger partial charge in [-0.05, 0) is 43.7 Å². The molecule has 152 valence electrons. The number of benzene rings is 1. The van der Waals surface area contributed by atoms with Crippen molar-refractivity contribution in [3.63, 3.8) is 0 Å². The summed E-state index contributed by atoms with van der Waals surface area (Å²) in [5.41, 5.74) is 4.97. The summed E-state index contributed by atoms with van der Waals surface area (Å²) in [5.74, 6) is 2.12. The first-order valence-corrected chi connectivity index (χ1v) is 10.5. The van der Waals surface area contributed by atoms with Gasteiger partial charge < -0.3 is 9.80 Å². The molecule has 4 heterocycles. The highest BCUT2D eigenvalue weighted by atomic mass is 35.5. The van der Waals surface area contributed by atoms with Gasteiger partial charge in [0.1, 0.15) is 11.6 Å². The maximum atomic E-state index is 6.09. The van der Waals surface area contributed by atoms with Crippen molar-refractivity contribution in [1.82, 2.24) is 19.6 Å². The second kappa shape index (κ2) is 7.61.